The van der Waals surface area contributed by atoms with E-state index in [1.165, 1.54) is 18.6 Å². The van der Waals surface area contributed by atoms with Crippen molar-refractivity contribution in [1.29, 1.82) is 0 Å². The van der Waals surface area contributed by atoms with Crippen molar-refractivity contribution in [2.24, 2.45) is 5.92 Å². The Morgan fingerprint density at radius 2 is 2.04 bits per heavy atom. The number of ether oxygens (including phenoxy) is 1. The van der Waals surface area contributed by atoms with Crippen molar-refractivity contribution in [2.45, 2.75) is 32.4 Å². The second-order valence-electron chi connectivity index (χ2n) is 6.74. The summed E-state index contributed by atoms with van der Waals surface area (Å²) in [7, 11) is 0. The molecule has 1 fully saturated rings. The Labute approximate surface area is 153 Å². The van der Waals surface area contributed by atoms with Crippen LogP contribution < -0.4 is 15.4 Å². The number of carbonyl (C=O) groups excluding carboxylic acids is 1. The molecule has 0 bridgehead atoms. The van der Waals surface area contributed by atoms with Crippen LogP contribution in [-0.2, 0) is 17.9 Å². The zero-order valence-electron chi connectivity index (χ0n) is 14.8. The highest BCUT2D eigenvalue weighted by molar-refractivity contribution is 5.75. The monoisotopic (exact) mass is 356 g/mol. The number of carbonyl (C=O) groups is 1. The Morgan fingerprint density at radius 3 is 2.77 bits per heavy atom. The molecule has 2 aromatic carbocycles. The third-order valence-electron chi connectivity index (χ3n) is 4.65. The summed E-state index contributed by atoms with van der Waals surface area (Å²) >= 11 is 0. The molecule has 0 spiro atoms. The fourth-order valence-electron chi connectivity index (χ4n) is 3.08. The van der Waals surface area contributed by atoms with Crippen molar-refractivity contribution >= 4 is 5.91 Å². The highest BCUT2D eigenvalue weighted by Gasteiger charge is 2.15. The van der Waals surface area contributed by atoms with Crippen molar-refractivity contribution in [1.82, 2.24) is 10.6 Å². The first kappa shape index (κ1) is 18.4. The van der Waals surface area contributed by atoms with Gasteiger partial charge in [0.1, 0.15) is 18.2 Å². The molecule has 0 saturated carbocycles. The maximum Gasteiger partial charge on any atom is 0.220 e. The Bertz CT molecular complexity index is 712. The molecule has 1 heterocycles. The maximum absolute atomic E-state index is 13.1. The SMILES string of the molecule is O=C(CCC1CCNC1)NCc1ccc(OCc2cccc(F)c2)cc1. The second-order valence-corrected chi connectivity index (χ2v) is 6.74. The molecule has 1 aliphatic rings. The van der Waals surface area contributed by atoms with E-state index in [1.54, 1.807) is 6.07 Å². The number of rotatable bonds is 8. The molecule has 1 aliphatic heterocycles. The lowest BCUT2D eigenvalue weighted by molar-refractivity contribution is -0.121. The Hall–Kier alpha value is -2.40. The van der Waals surface area contributed by atoms with E-state index in [2.05, 4.69) is 10.6 Å². The highest BCUT2D eigenvalue weighted by Crippen LogP contribution is 2.16. The molecule has 26 heavy (non-hydrogen) atoms. The van der Waals surface area contributed by atoms with Crippen LogP contribution in [-0.4, -0.2) is 19.0 Å². The van der Waals surface area contributed by atoms with Gasteiger partial charge in [0.25, 0.3) is 0 Å². The molecule has 138 valence electrons. The third kappa shape index (κ3) is 5.85. The second kappa shape index (κ2) is 9.34. The van der Waals surface area contributed by atoms with E-state index in [9.17, 15) is 9.18 Å². The Morgan fingerprint density at radius 1 is 1.19 bits per heavy atom. The lowest BCUT2D eigenvalue weighted by atomic mass is 10.0. The fraction of sp³-hybridized carbons (Fsp3) is 0.381. The molecule has 0 aliphatic carbocycles. The topological polar surface area (TPSA) is 50.4 Å². The van der Waals surface area contributed by atoms with Crippen LogP contribution in [0.1, 0.15) is 30.4 Å². The lowest BCUT2D eigenvalue weighted by Gasteiger charge is -2.10. The van der Waals surface area contributed by atoms with Crippen LogP contribution in [0, 0.1) is 11.7 Å². The summed E-state index contributed by atoms with van der Waals surface area (Å²) in [4.78, 5) is 11.9. The normalized spacial score (nSPS) is 16.4. The van der Waals surface area contributed by atoms with Gasteiger partial charge in [-0.15, -0.1) is 0 Å². The van der Waals surface area contributed by atoms with E-state index >= 15 is 0 Å². The largest absolute Gasteiger partial charge is 0.489 e. The molecule has 0 aromatic heterocycles. The molecular weight excluding hydrogens is 331 g/mol. The van der Waals surface area contributed by atoms with Gasteiger partial charge in [-0.25, -0.2) is 4.39 Å². The minimum atomic E-state index is -0.263. The summed E-state index contributed by atoms with van der Waals surface area (Å²) in [6, 6.07) is 14.0. The first-order valence-corrected chi connectivity index (χ1v) is 9.12. The van der Waals surface area contributed by atoms with Crippen molar-refractivity contribution in [3.8, 4) is 5.75 Å². The molecule has 5 heteroatoms. The van der Waals surface area contributed by atoms with Gasteiger partial charge in [0.15, 0.2) is 0 Å². The van der Waals surface area contributed by atoms with Gasteiger partial charge < -0.3 is 15.4 Å². The lowest BCUT2D eigenvalue weighted by Crippen LogP contribution is -2.23. The van der Waals surface area contributed by atoms with E-state index in [-0.39, 0.29) is 11.7 Å². The van der Waals surface area contributed by atoms with Gasteiger partial charge in [0, 0.05) is 13.0 Å². The van der Waals surface area contributed by atoms with Gasteiger partial charge in [0.05, 0.1) is 0 Å². The summed E-state index contributed by atoms with van der Waals surface area (Å²) in [6.07, 6.45) is 2.71. The number of nitrogens with one attached hydrogen (secondary N) is 2. The molecular formula is C21H25FN2O2. The summed E-state index contributed by atoms with van der Waals surface area (Å²) in [6.45, 7) is 2.94. The third-order valence-corrected chi connectivity index (χ3v) is 4.65. The van der Waals surface area contributed by atoms with Gasteiger partial charge >= 0.3 is 0 Å². The molecule has 1 amide bonds. The zero-order valence-corrected chi connectivity index (χ0v) is 14.8. The number of amides is 1. The smallest absolute Gasteiger partial charge is 0.220 e. The first-order valence-electron chi connectivity index (χ1n) is 9.12. The summed E-state index contributed by atoms with van der Waals surface area (Å²) in [5.41, 5.74) is 1.82. The predicted molar refractivity (Wildman–Crippen MR) is 99.2 cm³/mol. The average Bonchev–Trinajstić information content (AvgIpc) is 3.17. The van der Waals surface area contributed by atoms with Crippen LogP contribution in [0.4, 0.5) is 4.39 Å². The van der Waals surface area contributed by atoms with E-state index in [4.69, 9.17) is 4.74 Å². The molecule has 1 unspecified atom stereocenters. The molecule has 1 saturated heterocycles. The van der Waals surface area contributed by atoms with Crippen molar-refractivity contribution < 1.29 is 13.9 Å². The van der Waals surface area contributed by atoms with Crippen LogP contribution in [0.5, 0.6) is 5.75 Å². The minimum absolute atomic E-state index is 0.100. The molecule has 2 aromatic rings. The summed E-state index contributed by atoms with van der Waals surface area (Å²) < 4.78 is 18.8. The fourth-order valence-corrected chi connectivity index (χ4v) is 3.08. The van der Waals surface area contributed by atoms with Gasteiger partial charge in [-0.05, 0) is 67.2 Å². The first-order chi connectivity index (χ1) is 12.7. The molecule has 4 nitrogen and oxygen atoms in total. The highest BCUT2D eigenvalue weighted by atomic mass is 19.1. The van der Waals surface area contributed by atoms with Crippen LogP contribution in [0.3, 0.4) is 0 Å². The number of benzene rings is 2. The van der Waals surface area contributed by atoms with Crippen LogP contribution in [0.2, 0.25) is 0 Å². The van der Waals surface area contributed by atoms with Crippen LogP contribution >= 0.6 is 0 Å². The van der Waals surface area contributed by atoms with Gasteiger partial charge in [-0.3, -0.25) is 4.79 Å². The zero-order chi connectivity index (χ0) is 18.2. The quantitative estimate of drug-likeness (QED) is 0.762. The predicted octanol–water partition coefficient (Wildman–Crippen LogP) is 3.41. The maximum atomic E-state index is 13.1. The van der Waals surface area contributed by atoms with Gasteiger partial charge in [-0.2, -0.15) is 0 Å². The number of halogens is 1. The molecule has 2 N–H and O–H groups in total. The molecule has 3 rings (SSSR count). The van der Waals surface area contributed by atoms with Crippen LogP contribution in [0.15, 0.2) is 48.5 Å². The van der Waals surface area contributed by atoms with Crippen molar-refractivity contribution in [3.05, 3.63) is 65.5 Å². The van der Waals surface area contributed by atoms with Crippen molar-refractivity contribution in [3.63, 3.8) is 0 Å². The van der Waals surface area contributed by atoms with E-state index in [0.29, 0.717) is 25.5 Å². The Kier molecular flexibility index (Phi) is 6.61. The molecule has 1 atom stereocenters. The van der Waals surface area contributed by atoms with E-state index in [0.717, 1.165) is 36.4 Å². The molecule has 0 radical (unpaired) electrons. The number of hydrogen-bond donors (Lipinski definition) is 2. The average molecular weight is 356 g/mol. The van der Waals surface area contributed by atoms with E-state index in [1.807, 2.05) is 30.3 Å². The number of hydrogen-bond acceptors (Lipinski definition) is 3. The Balaban J connectivity index is 1.38. The summed E-state index contributed by atoms with van der Waals surface area (Å²) in [5.74, 6) is 1.19. The van der Waals surface area contributed by atoms with Crippen LogP contribution in [0.25, 0.3) is 0 Å². The summed E-state index contributed by atoms with van der Waals surface area (Å²) in [5, 5.41) is 6.29. The van der Waals surface area contributed by atoms with E-state index < -0.39 is 0 Å². The standard InChI is InChI=1S/C21H25FN2O2/c22-19-3-1-2-18(12-19)15-26-20-7-4-16(5-8-20)14-24-21(25)9-6-17-10-11-23-13-17/h1-5,7-8,12,17,23H,6,9-11,13-15H2,(H,24,25). The van der Waals surface area contributed by atoms with Gasteiger partial charge in [-0.1, -0.05) is 24.3 Å². The van der Waals surface area contributed by atoms with Crippen molar-refractivity contribution in [2.75, 3.05) is 13.1 Å². The van der Waals surface area contributed by atoms with Gasteiger partial charge in [0.2, 0.25) is 5.91 Å². The minimum Gasteiger partial charge on any atom is -0.489 e.